The van der Waals surface area contributed by atoms with Gasteiger partial charge < -0.3 is 15.4 Å². The highest BCUT2D eigenvalue weighted by molar-refractivity contribution is 4.95. The fourth-order valence-corrected chi connectivity index (χ4v) is 3.97. The molecular weight excluding hydrogens is 212 g/mol. The molecule has 1 aliphatic carbocycles. The monoisotopic (exact) mass is 238 g/mol. The lowest BCUT2D eigenvalue weighted by atomic mass is 9.87. The highest BCUT2D eigenvalue weighted by Gasteiger charge is 2.41. The van der Waals surface area contributed by atoms with E-state index in [4.69, 9.17) is 10.5 Å². The topological polar surface area (TPSA) is 38.5 Å². The number of nitrogens with zero attached hydrogens (tertiary/aromatic N) is 1. The van der Waals surface area contributed by atoms with Gasteiger partial charge in [-0.05, 0) is 51.6 Å². The zero-order chi connectivity index (χ0) is 11.7. The maximum atomic E-state index is 6.12. The molecule has 2 N–H and O–H groups in total. The van der Waals surface area contributed by atoms with Crippen LogP contribution >= 0.6 is 0 Å². The van der Waals surface area contributed by atoms with Gasteiger partial charge in [0.2, 0.25) is 0 Å². The minimum Gasteiger partial charge on any atom is -0.375 e. The normalized spacial score (nSPS) is 35.5. The van der Waals surface area contributed by atoms with Crippen molar-refractivity contribution < 1.29 is 4.74 Å². The second-order valence-electron chi connectivity index (χ2n) is 6.26. The minimum atomic E-state index is 0.266. The molecule has 17 heavy (non-hydrogen) atoms. The second kappa shape index (κ2) is 4.87. The van der Waals surface area contributed by atoms with Crippen molar-refractivity contribution in [1.29, 1.82) is 0 Å². The lowest BCUT2D eigenvalue weighted by Gasteiger charge is -2.45. The van der Waals surface area contributed by atoms with Crippen molar-refractivity contribution in [2.75, 3.05) is 19.7 Å². The van der Waals surface area contributed by atoms with E-state index in [1.165, 1.54) is 64.5 Å². The molecule has 0 radical (unpaired) electrons. The third kappa shape index (κ3) is 2.51. The zero-order valence-corrected chi connectivity index (χ0v) is 10.9. The van der Waals surface area contributed by atoms with Crippen LogP contribution in [0.15, 0.2) is 0 Å². The fraction of sp³-hybridized carbons (Fsp3) is 1.00. The first-order valence-corrected chi connectivity index (χ1v) is 7.41. The summed E-state index contributed by atoms with van der Waals surface area (Å²) >= 11 is 0. The van der Waals surface area contributed by atoms with E-state index in [2.05, 4.69) is 4.90 Å². The van der Waals surface area contributed by atoms with Gasteiger partial charge in [0.25, 0.3) is 0 Å². The van der Waals surface area contributed by atoms with Crippen LogP contribution in [0.5, 0.6) is 0 Å². The second-order valence-corrected chi connectivity index (χ2v) is 6.26. The maximum Gasteiger partial charge on any atom is 0.0697 e. The molecule has 0 aromatic carbocycles. The molecular formula is C14H26N2O. The van der Waals surface area contributed by atoms with Crippen molar-refractivity contribution in [3.05, 3.63) is 0 Å². The van der Waals surface area contributed by atoms with Gasteiger partial charge in [-0.1, -0.05) is 12.8 Å². The Kier molecular flexibility index (Phi) is 3.42. The first-order chi connectivity index (χ1) is 8.27. The Morgan fingerprint density at radius 3 is 2.47 bits per heavy atom. The van der Waals surface area contributed by atoms with Crippen molar-refractivity contribution in [3.63, 3.8) is 0 Å². The molecule has 3 fully saturated rings. The molecule has 1 atom stereocenters. The van der Waals surface area contributed by atoms with E-state index < -0.39 is 0 Å². The fourth-order valence-electron chi connectivity index (χ4n) is 3.97. The smallest absolute Gasteiger partial charge is 0.0697 e. The Morgan fingerprint density at radius 2 is 1.76 bits per heavy atom. The molecule has 3 aliphatic rings. The molecule has 3 rings (SSSR count). The van der Waals surface area contributed by atoms with Gasteiger partial charge in [0.05, 0.1) is 5.60 Å². The Labute approximate surface area is 105 Å². The summed E-state index contributed by atoms with van der Waals surface area (Å²) in [6, 6.07) is 1.22. The van der Waals surface area contributed by atoms with Gasteiger partial charge in [0.15, 0.2) is 0 Å². The van der Waals surface area contributed by atoms with Gasteiger partial charge in [-0.2, -0.15) is 0 Å². The molecule has 0 amide bonds. The average molecular weight is 238 g/mol. The van der Waals surface area contributed by atoms with E-state index in [0.29, 0.717) is 6.04 Å². The van der Waals surface area contributed by atoms with Crippen molar-refractivity contribution in [2.24, 2.45) is 5.73 Å². The van der Waals surface area contributed by atoms with Crippen molar-refractivity contribution in [1.82, 2.24) is 4.90 Å². The molecule has 3 heteroatoms. The number of hydrogen-bond donors (Lipinski definition) is 1. The van der Waals surface area contributed by atoms with Crippen LogP contribution in [0.4, 0.5) is 0 Å². The Hall–Kier alpha value is -0.120. The lowest BCUT2D eigenvalue weighted by Crippen LogP contribution is -2.51. The lowest BCUT2D eigenvalue weighted by molar-refractivity contribution is -0.104. The molecule has 2 heterocycles. The molecule has 0 aromatic rings. The van der Waals surface area contributed by atoms with Crippen LogP contribution in [0.1, 0.15) is 51.4 Å². The third-order valence-corrected chi connectivity index (χ3v) is 5.07. The van der Waals surface area contributed by atoms with Crippen LogP contribution in [0, 0.1) is 0 Å². The molecule has 2 aliphatic heterocycles. The molecule has 0 bridgehead atoms. The highest BCUT2D eigenvalue weighted by Crippen LogP contribution is 2.41. The predicted molar refractivity (Wildman–Crippen MR) is 69.0 cm³/mol. The van der Waals surface area contributed by atoms with Crippen LogP contribution in [-0.4, -0.2) is 42.3 Å². The van der Waals surface area contributed by atoms with Gasteiger partial charge in [0.1, 0.15) is 0 Å². The molecule has 1 spiro atoms. The van der Waals surface area contributed by atoms with Gasteiger partial charge in [0, 0.05) is 18.7 Å². The first-order valence-electron chi connectivity index (χ1n) is 7.41. The number of hydrogen-bond acceptors (Lipinski definition) is 3. The van der Waals surface area contributed by atoms with Gasteiger partial charge >= 0.3 is 0 Å². The highest BCUT2D eigenvalue weighted by atomic mass is 16.5. The Bertz CT molecular complexity index is 255. The SMILES string of the molecule is NC1CCN(C2CCOC3(CCCC3)C2)CC1. The van der Waals surface area contributed by atoms with Gasteiger partial charge in [-0.3, -0.25) is 0 Å². The molecule has 98 valence electrons. The summed E-state index contributed by atoms with van der Waals surface area (Å²) in [4.78, 5) is 2.69. The minimum absolute atomic E-state index is 0.266. The van der Waals surface area contributed by atoms with E-state index in [0.717, 1.165) is 12.6 Å². The number of piperidine rings is 1. The number of likely N-dealkylation sites (tertiary alicyclic amines) is 1. The van der Waals surface area contributed by atoms with E-state index in [-0.39, 0.29) is 5.60 Å². The van der Waals surface area contributed by atoms with Gasteiger partial charge in [-0.15, -0.1) is 0 Å². The summed E-state index contributed by atoms with van der Waals surface area (Å²) in [6.07, 6.45) is 10.2. The Morgan fingerprint density at radius 1 is 1.06 bits per heavy atom. The van der Waals surface area contributed by atoms with E-state index in [9.17, 15) is 0 Å². The van der Waals surface area contributed by atoms with Crippen LogP contribution in [0.3, 0.4) is 0 Å². The maximum absolute atomic E-state index is 6.12. The quantitative estimate of drug-likeness (QED) is 0.758. The number of ether oxygens (including phenoxy) is 1. The average Bonchev–Trinajstić information content (AvgIpc) is 2.78. The predicted octanol–water partition coefficient (Wildman–Crippen LogP) is 1.90. The molecule has 2 saturated heterocycles. The van der Waals surface area contributed by atoms with Crippen LogP contribution in [0.2, 0.25) is 0 Å². The number of rotatable bonds is 1. The van der Waals surface area contributed by atoms with E-state index in [1.807, 2.05) is 0 Å². The molecule has 1 unspecified atom stereocenters. The molecule has 1 saturated carbocycles. The first kappa shape index (κ1) is 11.9. The van der Waals surface area contributed by atoms with Crippen LogP contribution in [0.25, 0.3) is 0 Å². The Balaban J connectivity index is 1.60. The van der Waals surface area contributed by atoms with Crippen LogP contribution in [-0.2, 0) is 4.74 Å². The van der Waals surface area contributed by atoms with E-state index in [1.54, 1.807) is 0 Å². The third-order valence-electron chi connectivity index (χ3n) is 5.07. The summed E-state index contributed by atoms with van der Waals surface area (Å²) in [6.45, 7) is 3.40. The summed E-state index contributed by atoms with van der Waals surface area (Å²) in [5.74, 6) is 0. The summed E-state index contributed by atoms with van der Waals surface area (Å²) < 4.78 is 6.12. The zero-order valence-electron chi connectivity index (χ0n) is 10.9. The molecule has 0 aromatic heterocycles. The largest absolute Gasteiger partial charge is 0.375 e. The van der Waals surface area contributed by atoms with Gasteiger partial charge in [-0.25, -0.2) is 0 Å². The molecule has 3 nitrogen and oxygen atoms in total. The van der Waals surface area contributed by atoms with Crippen molar-refractivity contribution >= 4 is 0 Å². The van der Waals surface area contributed by atoms with E-state index >= 15 is 0 Å². The van der Waals surface area contributed by atoms with Crippen LogP contribution < -0.4 is 5.73 Å². The van der Waals surface area contributed by atoms with Crippen molar-refractivity contribution in [3.8, 4) is 0 Å². The standard InChI is InChI=1S/C14H26N2O/c15-12-3-8-16(9-4-12)13-5-10-17-14(11-13)6-1-2-7-14/h12-13H,1-11,15H2. The number of nitrogens with two attached hydrogens (primary N) is 1. The summed E-state index contributed by atoms with van der Waals surface area (Å²) in [7, 11) is 0. The summed E-state index contributed by atoms with van der Waals surface area (Å²) in [5, 5.41) is 0. The summed E-state index contributed by atoms with van der Waals surface area (Å²) in [5.41, 5.74) is 6.26. The van der Waals surface area contributed by atoms with Crippen molar-refractivity contribution in [2.45, 2.75) is 69.1 Å².